The van der Waals surface area contributed by atoms with E-state index in [4.69, 9.17) is 10.00 Å². The molecule has 1 N–H and O–H groups in total. The van der Waals surface area contributed by atoms with Crippen molar-refractivity contribution in [3.8, 4) is 11.8 Å². The number of nitrogens with zero attached hydrogens (tertiary/aromatic N) is 1. The average molecular weight is 370 g/mol. The minimum atomic E-state index is -0.849. The predicted molar refractivity (Wildman–Crippen MR) is 95.2 cm³/mol. The van der Waals surface area contributed by atoms with Crippen LogP contribution in [0.5, 0.6) is 5.75 Å². The van der Waals surface area contributed by atoms with Crippen LogP contribution in [0, 0.1) is 17.1 Å². The molecule has 0 aliphatic heterocycles. The smallest absolute Gasteiger partial charge is 0.307 e. The summed E-state index contributed by atoms with van der Waals surface area (Å²) in [5.41, 5.74) is 1.05. The van der Waals surface area contributed by atoms with Gasteiger partial charge in [0.1, 0.15) is 11.6 Å². The van der Waals surface area contributed by atoms with Crippen molar-refractivity contribution in [2.45, 2.75) is 25.5 Å². The highest BCUT2D eigenvalue weighted by molar-refractivity contribution is 5.82. The lowest BCUT2D eigenvalue weighted by Crippen LogP contribution is -2.39. The number of hydrogen-bond acceptors (Lipinski definition) is 5. The van der Waals surface area contributed by atoms with Crippen LogP contribution in [0.1, 0.15) is 30.5 Å². The molecule has 0 fully saturated rings. The van der Waals surface area contributed by atoms with Gasteiger partial charge in [-0.05, 0) is 48.9 Å². The highest BCUT2D eigenvalue weighted by atomic mass is 19.1. The molecule has 2 unspecified atom stereocenters. The number of hydrogen-bond donors (Lipinski definition) is 1. The summed E-state index contributed by atoms with van der Waals surface area (Å²) in [6.07, 6.45) is -0.948. The number of halogens is 1. The molecular formula is C20H19FN2O4. The molecule has 0 spiro atoms. The first-order valence-electron chi connectivity index (χ1n) is 8.22. The molecular weight excluding hydrogens is 351 g/mol. The number of amides is 1. The van der Waals surface area contributed by atoms with Crippen molar-refractivity contribution in [2.24, 2.45) is 0 Å². The molecule has 0 saturated carbocycles. The molecule has 0 saturated heterocycles. The lowest BCUT2D eigenvalue weighted by molar-refractivity contribution is -0.141. The van der Waals surface area contributed by atoms with Crippen molar-refractivity contribution in [1.29, 1.82) is 5.26 Å². The molecule has 27 heavy (non-hydrogen) atoms. The Bertz CT molecular complexity index is 829. The molecule has 6 nitrogen and oxygen atoms in total. The monoisotopic (exact) mass is 370 g/mol. The normalized spacial score (nSPS) is 12.4. The van der Waals surface area contributed by atoms with Gasteiger partial charge >= 0.3 is 5.97 Å². The maximum Gasteiger partial charge on any atom is 0.307 e. The number of benzene rings is 2. The first-order valence-corrected chi connectivity index (χ1v) is 8.22. The molecule has 0 heterocycles. The summed E-state index contributed by atoms with van der Waals surface area (Å²) in [4.78, 5) is 24.1. The molecule has 2 atom stereocenters. The maximum absolute atomic E-state index is 13.1. The van der Waals surface area contributed by atoms with Gasteiger partial charge in [-0.25, -0.2) is 4.39 Å². The van der Waals surface area contributed by atoms with E-state index in [1.807, 2.05) is 6.07 Å². The largest absolute Gasteiger partial charge is 0.481 e. The lowest BCUT2D eigenvalue weighted by Gasteiger charge is -2.21. The summed E-state index contributed by atoms with van der Waals surface area (Å²) in [6.45, 7) is 1.56. The molecule has 2 aromatic carbocycles. The third-order valence-electron chi connectivity index (χ3n) is 3.85. The average Bonchev–Trinajstić information content (AvgIpc) is 2.68. The molecule has 0 radical (unpaired) electrons. The summed E-state index contributed by atoms with van der Waals surface area (Å²) < 4.78 is 23.4. The van der Waals surface area contributed by atoms with Crippen molar-refractivity contribution in [2.75, 3.05) is 7.11 Å². The zero-order valence-corrected chi connectivity index (χ0v) is 14.9. The van der Waals surface area contributed by atoms with Crippen LogP contribution in [-0.2, 0) is 14.3 Å². The SMILES string of the molecule is COC(=O)CC(NC(=O)C(C)Oc1ccc(C#N)cc1)c1ccc(F)cc1. The Kier molecular flexibility index (Phi) is 6.89. The van der Waals surface area contributed by atoms with Gasteiger partial charge in [0.25, 0.3) is 5.91 Å². The van der Waals surface area contributed by atoms with Gasteiger partial charge < -0.3 is 14.8 Å². The van der Waals surface area contributed by atoms with E-state index in [0.29, 0.717) is 16.9 Å². The molecule has 7 heteroatoms. The quantitative estimate of drug-likeness (QED) is 0.757. The van der Waals surface area contributed by atoms with Crippen molar-refractivity contribution in [3.63, 3.8) is 0 Å². The summed E-state index contributed by atoms with van der Waals surface area (Å²) in [5.74, 6) is -0.940. The third kappa shape index (κ3) is 5.82. The Morgan fingerprint density at radius 1 is 1.15 bits per heavy atom. The summed E-state index contributed by atoms with van der Waals surface area (Å²) in [5, 5.41) is 11.5. The predicted octanol–water partition coefficient (Wildman–Crippen LogP) is 2.89. The minimum Gasteiger partial charge on any atom is -0.481 e. The first kappa shape index (κ1) is 19.9. The van der Waals surface area contributed by atoms with E-state index in [2.05, 4.69) is 10.1 Å². The number of ether oxygens (including phenoxy) is 2. The lowest BCUT2D eigenvalue weighted by atomic mass is 10.0. The number of nitriles is 1. The van der Waals surface area contributed by atoms with Crippen LogP contribution in [0.4, 0.5) is 4.39 Å². The Hall–Kier alpha value is -3.40. The van der Waals surface area contributed by atoms with E-state index >= 15 is 0 Å². The maximum atomic E-state index is 13.1. The molecule has 2 aromatic rings. The number of nitrogens with one attached hydrogen (secondary N) is 1. The van der Waals surface area contributed by atoms with E-state index in [0.717, 1.165) is 0 Å². The first-order chi connectivity index (χ1) is 12.9. The van der Waals surface area contributed by atoms with Gasteiger partial charge in [0.05, 0.1) is 31.2 Å². The van der Waals surface area contributed by atoms with Gasteiger partial charge in [-0.3, -0.25) is 9.59 Å². The van der Waals surface area contributed by atoms with E-state index in [-0.39, 0.29) is 6.42 Å². The second kappa shape index (κ2) is 9.34. The van der Waals surface area contributed by atoms with Crippen LogP contribution >= 0.6 is 0 Å². The van der Waals surface area contributed by atoms with Crippen LogP contribution in [0.3, 0.4) is 0 Å². The van der Waals surface area contributed by atoms with Crippen LogP contribution in [0.2, 0.25) is 0 Å². The summed E-state index contributed by atoms with van der Waals surface area (Å²) in [6, 6.07) is 13.2. The zero-order chi connectivity index (χ0) is 19.8. The van der Waals surface area contributed by atoms with Crippen molar-refractivity contribution < 1.29 is 23.5 Å². The Morgan fingerprint density at radius 2 is 1.78 bits per heavy atom. The fraction of sp³-hybridized carbons (Fsp3) is 0.250. The van der Waals surface area contributed by atoms with Crippen LogP contribution < -0.4 is 10.1 Å². The molecule has 0 aliphatic carbocycles. The van der Waals surface area contributed by atoms with Gasteiger partial charge in [-0.2, -0.15) is 5.26 Å². The number of rotatable bonds is 7. The van der Waals surface area contributed by atoms with E-state index < -0.39 is 29.8 Å². The number of carbonyl (C=O) groups excluding carboxylic acids is 2. The van der Waals surface area contributed by atoms with Crippen LogP contribution in [0.25, 0.3) is 0 Å². The fourth-order valence-electron chi connectivity index (χ4n) is 2.35. The van der Waals surface area contributed by atoms with E-state index in [1.54, 1.807) is 31.2 Å². The van der Waals surface area contributed by atoms with Crippen molar-refractivity contribution in [3.05, 3.63) is 65.5 Å². The third-order valence-corrected chi connectivity index (χ3v) is 3.85. The molecule has 0 bridgehead atoms. The van der Waals surface area contributed by atoms with E-state index in [9.17, 15) is 14.0 Å². The van der Waals surface area contributed by atoms with E-state index in [1.165, 1.54) is 31.4 Å². The van der Waals surface area contributed by atoms with Gasteiger partial charge in [-0.1, -0.05) is 12.1 Å². The molecule has 0 aliphatic rings. The van der Waals surface area contributed by atoms with Crippen molar-refractivity contribution in [1.82, 2.24) is 5.32 Å². The summed E-state index contributed by atoms with van der Waals surface area (Å²) >= 11 is 0. The molecule has 0 aromatic heterocycles. The Labute approximate surface area is 156 Å². The summed E-state index contributed by atoms with van der Waals surface area (Å²) in [7, 11) is 1.25. The highest BCUT2D eigenvalue weighted by Gasteiger charge is 2.23. The van der Waals surface area contributed by atoms with Crippen LogP contribution in [-0.4, -0.2) is 25.1 Å². The highest BCUT2D eigenvalue weighted by Crippen LogP contribution is 2.19. The standard InChI is InChI=1S/C20H19FN2O4/c1-13(27-17-9-3-14(12-22)4-10-17)20(25)23-18(11-19(24)26-2)15-5-7-16(21)8-6-15/h3-10,13,18H,11H2,1-2H3,(H,23,25). The number of methoxy groups -OCH3 is 1. The zero-order valence-electron chi connectivity index (χ0n) is 14.9. The van der Waals surface area contributed by atoms with Crippen LogP contribution in [0.15, 0.2) is 48.5 Å². The van der Waals surface area contributed by atoms with Gasteiger partial charge in [0, 0.05) is 0 Å². The Balaban J connectivity index is 2.07. The topological polar surface area (TPSA) is 88.4 Å². The van der Waals surface area contributed by atoms with Gasteiger partial charge in [0.2, 0.25) is 0 Å². The minimum absolute atomic E-state index is 0.0997. The van der Waals surface area contributed by atoms with Gasteiger partial charge in [0.15, 0.2) is 6.10 Å². The molecule has 140 valence electrons. The second-order valence-corrected chi connectivity index (χ2v) is 5.79. The fourth-order valence-corrected chi connectivity index (χ4v) is 2.35. The van der Waals surface area contributed by atoms with Crippen molar-refractivity contribution >= 4 is 11.9 Å². The number of esters is 1. The molecule has 2 rings (SSSR count). The number of carbonyl (C=O) groups is 2. The second-order valence-electron chi connectivity index (χ2n) is 5.79. The molecule has 1 amide bonds. The van der Waals surface area contributed by atoms with Gasteiger partial charge in [-0.15, -0.1) is 0 Å². The Morgan fingerprint density at radius 3 is 2.33 bits per heavy atom.